The maximum Gasteiger partial charge on any atom is 0.256 e. The van der Waals surface area contributed by atoms with E-state index < -0.39 is 5.82 Å². The minimum absolute atomic E-state index is 0.161. The molecule has 0 bridgehead atoms. The number of halogens is 2. The minimum Gasteiger partial charge on any atom is -0.336 e. The number of amides is 2. The number of hydrogen-bond donors (Lipinski definition) is 3. The Morgan fingerprint density at radius 1 is 1.00 bits per heavy atom. The standard InChI is InChI=1S/C20H19F2N5O2S/c21-12-1-3-14(4-2-12)23-17(28)11-26-5-7-27(8-6-26)19(29)15-9-13(22)10-16-18(15)25-20(30)24-16/h1-4,9-10H,5-8,11H2,(H,23,28)(H2,24,25,30). The SMILES string of the molecule is O=C(CN1CCN(C(=O)c2cc(F)cc3[nH]c(=S)[nH]c23)CC1)Nc1ccc(F)cc1. The lowest BCUT2D eigenvalue weighted by Gasteiger charge is -2.34. The summed E-state index contributed by atoms with van der Waals surface area (Å²) in [4.78, 5) is 34.4. The normalized spacial score (nSPS) is 14.8. The highest BCUT2D eigenvalue weighted by Crippen LogP contribution is 2.20. The van der Waals surface area contributed by atoms with Crippen LogP contribution in [0.4, 0.5) is 14.5 Å². The molecule has 0 radical (unpaired) electrons. The Kier molecular flexibility index (Phi) is 5.60. The average molecular weight is 431 g/mol. The van der Waals surface area contributed by atoms with Crippen molar-refractivity contribution in [1.29, 1.82) is 0 Å². The number of fused-ring (bicyclic) bond motifs is 1. The number of anilines is 1. The second-order valence-electron chi connectivity index (χ2n) is 7.08. The van der Waals surface area contributed by atoms with Crippen molar-refractivity contribution in [3.63, 3.8) is 0 Å². The van der Waals surface area contributed by atoms with Gasteiger partial charge in [0.1, 0.15) is 11.6 Å². The Morgan fingerprint density at radius 3 is 2.40 bits per heavy atom. The summed E-state index contributed by atoms with van der Waals surface area (Å²) in [5.41, 5.74) is 1.67. The van der Waals surface area contributed by atoms with Gasteiger partial charge in [0.15, 0.2) is 4.77 Å². The zero-order valence-corrected chi connectivity index (χ0v) is 16.7. The summed E-state index contributed by atoms with van der Waals surface area (Å²) in [6.45, 7) is 1.99. The van der Waals surface area contributed by atoms with E-state index in [1.54, 1.807) is 4.90 Å². The molecule has 2 aromatic carbocycles. The number of rotatable bonds is 4. The first kappa shape index (κ1) is 20.2. The fourth-order valence-electron chi connectivity index (χ4n) is 3.49. The molecular weight excluding hydrogens is 412 g/mol. The molecule has 2 amide bonds. The zero-order valence-electron chi connectivity index (χ0n) is 15.9. The Hall–Kier alpha value is -3.11. The van der Waals surface area contributed by atoms with E-state index in [2.05, 4.69) is 15.3 Å². The quantitative estimate of drug-likeness (QED) is 0.555. The molecule has 0 spiro atoms. The second-order valence-corrected chi connectivity index (χ2v) is 7.49. The van der Waals surface area contributed by atoms with Gasteiger partial charge >= 0.3 is 0 Å². The van der Waals surface area contributed by atoms with Crippen molar-refractivity contribution < 1.29 is 18.4 Å². The van der Waals surface area contributed by atoms with Crippen LogP contribution in [0, 0.1) is 16.4 Å². The third kappa shape index (κ3) is 4.39. The third-order valence-electron chi connectivity index (χ3n) is 4.97. The molecule has 0 aliphatic carbocycles. The summed E-state index contributed by atoms with van der Waals surface area (Å²) >= 11 is 5.05. The van der Waals surface area contributed by atoms with Crippen LogP contribution in [0.3, 0.4) is 0 Å². The molecule has 10 heteroatoms. The average Bonchev–Trinajstić information content (AvgIpc) is 3.09. The van der Waals surface area contributed by atoms with Gasteiger partial charge in [-0.25, -0.2) is 8.78 Å². The smallest absolute Gasteiger partial charge is 0.256 e. The fraction of sp³-hybridized carbons (Fsp3) is 0.250. The zero-order chi connectivity index (χ0) is 21.3. The maximum absolute atomic E-state index is 13.9. The van der Waals surface area contributed by atoms with Crippen LogP contribution in [-0.4, -0.2) is 64.3 Å². The molecule has 156 valence electrons. The van der Waals surface area contributed by atoms with E-state index in [0.29, 0.717) is 47.7 Å². The van der Waals surface area contributed by atoms with Crippen LogP contribution < -0.4 is 5.32 Å². The molecule has 7 nitrogen and oxygen atoms in total. The fourth-order valence-corrected chi connectivity index (χ4v) is 3.70. The molecule has 0 saturated carbocycles. The van der Waals surface area contributed by atoms with E-state index in [4.69, 9.17) is 12.2 Å². The van der Waals surface area contributed by atoms with Crippen molar-refractivity contribution in [2.24, 2.45) is 0 Å². The van der Waals surface area contributed by atoms with Gasteiger partial charge in [-0.3, -0.25) is 14.5 Å². The lowest BCUT2D eigenvalue weighted by molar-refractivity contribution is -0.117. The first-order chi connectivity index (χ1) is 14.4. The van der Waals surface area contributed by atoms with E-state index in [0.717, 1.165) is 0 Å². The number of aromatic nitrogens is 2. The highest BCUT2D eigenvalue weighted by atomic mass is 32.1. The molecule has 1 aliphatic rings. The second kappa shape index (κ2) is 8.33. The monoisotopic (exact) mass is 431 g/mol. The summed E-state index contributed by atoms with van der Waals surface area (Å²) in [6, 6.07) is 8.04. The van der Waals surface area contributed by atoms with Gasteiger partial charge in [-0.05, 0) is 48.6 Å². The topological polar surface area (TPSA) is 84.2 Å². The van der Waals surface area contributed by atoms with Gasteiger partial charge in [0.2, 0.25) is 5.91 Å². The number of piperazine rings is 1. The molecule has 1 aliphatic heterocycles. The summed E-state index contributed by atoms with van der Waals surface area (Å²) in [5, 5.41) is 2.72. The molecule has 3 aromatic rings. The van der Waals surface area contributed by atoms with Crippen LogP contribution in [-0.2, 0) is 4.79 Å². The van der Waals surface area contributed by atoms with Crippen LogP contribution in [0.25, 0.3) is 11.0 Å². The van der Waals surface area contributed by atoms with Crippen LogP contribution in [0.2, 0.25) is 0 Å². The van der Waals surface area contributed by atoms with E-state index in [1.807, 2.05) is 4.90 Å². The van der Waals surface area contributed by atoms with Gasteiger partial charge in [-0.2, -0.15) is 0 Å². The van der Waals surface area contributed by atoms with Crippen LogP contribution in [0.1, 0.15) is 10.4 Å². The first-order valence-electron chi connectivity index (χ1n) is 9.37. The number of hydrogen-bond acceptors (Lipinski definition) is 4. The summed E-state index contributed by atoms with van der Waals surface area (Å²) < 4.78 is 27.2. The number of imidazole rings is 1. The number of H-pyrrole nitrogens is 2. The van der Waals surface area contributed by atoms with E-state index in [-0.39, 0.29) is 29.7 Å². The molecule has 4 rings (SSSR count). The van der Waals surface area contributed by atoms with Crippen molar-refractivity contribution in [2.75, 3.05) is 38.0 Å². The molecule has 1 saturated heterocycles. The van der Waals surface area contributed by atoms with Gasteiger partial charge in [-0.15, -0.1) is 0 Å². The molecule has 1 aromatic heterocycles. The van der Waals surface area contributed by atoms with Crippen LogP contribution in [0.15, 0.2) is 36.4 Å². The van der Waals surface area contributed by atoms with Gasteiger partial charge in [0.05, 0.1) is 23.1 Å². The number of nitrogens with zero attached hydrogens (tertiary/aromatic N) is 2. The number of benzene rings is 2. The summed E-state index contributed by atoms with van der Waals surface area (Å²) in [5.74, 6) is -1.40. The Balaban J connectivity index is 1.36. The predicted molar refractivity (Wildman–Crippen MR) is 111 cm³/mol. The lowest BCUT2D eigenvalue weighted by Crippen LogP contribution is -2.50. The van der Waals surface area contributed by atoms with Crippen LogP contribution >= 0.6 is 12.2 Å². The predicted octanol–water partition coefficient (Wildman–Crippen LogP) is 2.90. The molecule has 2 heterocycles. The minimum atomic E-state index is -0.521. The first-order valence-corrected chi connectivity index (χ1v) is 9.78. The number of nitrogens with one attached hydrogen (secondary N) is 3. The Bertz CT molecular complexity index is 1150. The van der Waals surface area contributed by atoms with Gasteiger partial charge < -0.3 is 20.2 Å². The highest BCUT2D eigenvalue weighted by Gasteiger charge is 2.25. The largest absolute Gasteiger partial charge is 0.336 e. The van der Waals surface area contributed by atoms with Crippen molar-refractivity contribution in [1.82, 2.24) is 19.8 Å². The van der Waals surface area contributed by atoms with Crippen molar-refractivity contribution in [2.45, 2.75) is 0 Å². The van der Waals surface area contributed by atoms with Gasteiger partial charge in [0.25, 0.3) is 5.91 Å². The molecule has 30 heavy (non-hydrogen) atoms. The third-order valence-corrected chi connectivity index (χ3v) is 5.18. The molecule has 1 fully saturated rings. The lowest BCUT2D eigenvalue weighted by atomic mass is 10.1. The van der Waals surface area contributed by atoms with E-state index in [1.165, 1.54) is 36.4 Å². The molecule has 0 atom stereocenters. The van der Waals surface area contributed by atoms with Gasteiger partial charge in [0, 0.05) is 31.9 Å². The number of aromatic amines is 2. The molecule has 0 unspecified atom stereocenters. The molecule has 3 N–H and O–H groups in total. The maximum atomic E-state index is 13.9. The van der Waals surface area contributed by atoms with Crippen LogP contribution in [0.5, 0.6) is 0 Å². The van der Waals surface area contributed by atoms with Crippen molar-refractivity contribution in [3.05, 3.63) is 58.4 Å². The van der Waals surface area contributed by atoms with E-state index >= 15 is 0 Å². The Labute approximate surface area is 175 Å². The summed E-state index contributed by atoms with van der Waals surface area (Å²) in [7, 11) is 0. The Morgan fingerprint density at radius 2 is 1.70 bits per heavy atom. The van der Waals surface area contributed by atoms with Crippen molar-refractivity contribution >= 4 is 40.8 Å². The molecular formula is C20H19F2N5O2S. The van der Waals surface area contributed by atoms with Gasteiger partial charge in [-0.1, -0.05) is 0 Å². The van der Waals surface area contributed by atoms with E-state index in [9.17, 15) is 18.4 Å². The van der Waals surface area contributed by atoms with Crippen molar-refractivity contribution in [3.8, 4) is 0 Å². The highest BCUT2D eigenvalue weighted by molar-refractivity contribution is 7.71. The summed E-state index contributed by atoms with van der Waals surface area (Å²) in [6.07, 6.45) is 0. The number of carbonyl (C=O) groups excluding carboxylic acids is 2. The number of carbonyl (C=O) groups is 2.